The lowest BCUT2D eigenvalue weighted by molar-refractivity contribution is 0.0383. The molecule has 37 heavy (non-hydrogen) atoms. The molecule has 1 amide bonds. The van der Waals surface area contributed by atoms with Crippen LogP contribution in [0.25, 0.3) is 22.3 Å². The Balaban J connectivity index is 0.00000102. The Morgan fingerprint density at radius 2 is 1.68 bits per heavy atom. The van der Waals surface area contributed by atoms with Crippen molar-refractivity contribution in [3.8, 4) is 11.3 Å². The molecule has 0 unspecified atom stereocenters. The summed E-state index contributed by atoms with van der Waals surface area (Å²) in [4.78, 5) is 30.6. The zero-order valence-corrected chi connectivity index (χ0v) is 22.4. The monoisotopic (exact) mass is 508 g/mol. The molecule has 2 aliphatic heterocycles. The van der Waals surface area contributed by atoms with Crippen LogP contribution < -0.4 is 10.2 Å². The minimum atomic E-state index is -0.269. The van der Waals surface area contributed by atoms with Gasteiger partial charge < -0.3 is 15.0 Å². The highest BCUT2D eigenvalue weighted by Gasteiger charge is 2.18. The summed E-state index contributed by atoms with van der Waals surface area (Å²) in [5.41, 5.74) is 2.37. The van der Waals surface area contributed by atoms with Gasteiger partial charge >= 0.3 is 0 Å². The third kappa shape index (κ3) is 7.01. The summed E-state index contributed by atoms with van der Waals surface area (Å²) < 4.78 is 7.15. The van der Waals surface area contributed by atoms with Crippen molar-refractivity contribution in [2.75, 3.05) is 57.4 Å². The topological polar surface area (TPSA) is 101 Å². The van der Waals surface area contributed by atoms with E-state index >= 15 is 0 Å². The fraction of sp³-hybridized carbons (Fsp3) is 0.593. The van der Waals surface area contributed by atoms with Crippen LogP contribution in [-0.2, 0) is 11.8 Å². The molecule has 200 valence electrons. The van der Waals surface area contributed by atoms with Gasteiger partial charge in [0.1, 0.15) is 11.5 Å². The average Bonchev–Trinajstić information content (AvgIpc) is 3.08. The van der Waals surface area contributed by atoms with Crippen molar-refractivity contribution in [1.29, 1.82) is 0 Å². The fourth-order valence-electron chi connectivity index (χ4n) is 4.61. The quantitative estimate of drug-likeness (QED) is 0.541. The molecular formula is C27H40N8O2. The number of ether oxygens (including phenoxy) is 1. The van der Waals surface area contributed by atoms with Crippen LogP contribution in [0.15, 0.2) is 24.5 Å². The van der Waals surface area contributed by atoms with Crippen molar-refractivity contribution < 1.29 is 9.53 Å². The van der Waals surface area contributed by atoms with Gasteiger partial charge in [0.2, 0.25) is 5.82 Å². The van der Waals surface area contributed by atoms with Crippen molar-refractivity contribution in [2.24, 2.45) is 7.05 Å². The standard InChI is InChI=1S/C24H32N8O2.C3H8/c1-30-23-19(6-7-20(28-23)32-9-4-2-3-5-10-32)21(29-30)18-16-26-22(27-17-18)24(33)25-8-11-31-12-14-34-15-13-31;1-3-2/h6-7,16-17H,2-5,8-15H2,1H3,(H,25,33);3H2,1-2H3. The maximum absolute atomic E-state index is 12.4. The van der Waals surface area contributed by atoms with Crippen LogP contribution in [-0.4, -0.2) is 88.0 Å². The second-order valence-corrected chi connectivity index (χ2v) is 9.63. The lowest BCUT2D eigenvalue weighted by Crippen LogP contribution is -2.41. The Morgan fingerprint density at radius 3 is 2.35 bits per heavy atom. The summed E-state index contributed by atoms with van der Waals surface area (Å²) >= 11 is 0. The molecule has 3 aromatic rings. The van der Waals surface area contributed by atoms with Crippen LogP contribution in [0.4, 0.5) is 5.82 Å². The number of carbonyl (C=O) groups is 1. The van der Waals surface area contributed by atoms with Gasteiger partial charge in [0.05, 0.1) is 13.2 Å². The number of rotatable bonds is 6. The summed E-state index contributed by atoms with van der Waals surface area (Å²) in [6.07, 6.45) is 9.57. The molecule has 0 aromatic carbocycles. The van der Waals surface area contributed by atoms with Crippen molar-refractivity contribution in [3.63, 3.8) is 0 Å². The highest BCUT2D eigenvalue weighted by atomic mass is 16.5. The highest BCUT2D eigenvalue weighted by molar-refractivity contribution is 5.93. The van der Waals surface area contributed by atoms with Gasteiger partial charge in [-0.05, 0) is 25.0 Å². The van der Waals surface area contributed by atoms with Gasteiger partial charge in [-0.3, -0.25) is 9.69 Å². The largest absolute Gasteiger partial charge is 0.379 e. The number of carbonyl (C=O) groups excluding carboxylic acids is 1. The molecule has 0 bridgehead atoms. The van der Waals surface area contributed by atoms with Crippen LogP contribution in [0.2, 0.25) is 0 Å². The van der Waals surface area contributed by atoms with Gasteiger partial charge in [0, 0.05) is 69.7 Å². The van der Waals surface area contributed by atoms with Crippen LogP contribution in [0.1, 0.15) is 56.6 Å². The lowest BCUT2D eigenvalue weighted by atomic mass is 10.1. The van der Waals surface area contributed by atoms with Crippen LogP contribution in [0.3, 0.4) is 0 Å². The van der Waals surface area contributed by atoms with Crippen molar-refractivity contribution in [1.82, 2.24) is 34.9 Å². The van der Waals surface area contributed by atoms with E-state index in [1.54, 1.807) is 17.1 Å². The van der Waals surface area contributed by atoms with Gasteiger partial charge in [-0.2, -0.15) is 5.10 Å². The number of aromatic nitrogens is 5. The summed E-state index contributed by atoms with van der Waals surface area (Å²) in [6.45, 7) is 11.0. The number of nitrogens with zero attached hydrogens (tertiary/aromatic N) is 7. The number of fused-ring (bicyclic) bond motifs is 1. The SMILES string of the molecule is CCC.Cn1nc(-c2cnc(C(=O)NCCN3CCOCC3)nc2)c2ccc(N3CCCCCC3)nc21. The minimum absolute atomic E-state index is 0.160. The molecular weight excluding hydrogens is 468 g/mol. The Bertz CT molecular complexity index is 1130. The molecule has 3 aromatic heterocycles. The number of anilines is 1. The molecule has 0 aliphatic carbocycles. The maximum atomic E-state index is 12.4. The lowest BCUT2D eigenvalue weighted by Gasteiger charge is -2.26. The number of hydrogen-bond acceptors (Lipinski definition) is 8. The molecule has 5 heterocycles. The molecule has 0 atom stereocenters. The third-order valence-electron chi connectivity index (χ3n) is 6.55. The maximum Gasteiger partial charge on any atom is 0.289 e. The zero-order valence-electron chi connectivity index (χ0n) is 22.4. The van der Waals surface area contributed by atoms with Crippen LogP contribution in [0, 0.1) is 0 Å². The predicted molar refractivity (Wildman–Crippen MR) is 146 cm³/mol. The zero-order chi connectivity index (χ0) is 26.0. The van der Waals surface area contributed by atoms with Crippen LogP contribution >= 0.6 is 0 Å². The third-order valence-corrected chi connectivity index (χ3v) is 6.55. The first-order valence-corrected chi connectivity index (χ1v) is 13.6. The van der Waals surface area contributed by atoms with E-state index < -0.39 is 0 Å². The van der Waals surface area contributed by atoms with Gasteiger partial charge in [0.15, 0.2) is 5.65 Å². The number of amides is 1. The fourth-order valence-corrected chi connectivity index (χ4v) is 4.61. The molecule has 10 heteroatoms. The van der Waals surface area contributed by atoms with Gasteiger partial charge in [-0.1, -0.05) is 33.1 Å². The first kappa shape index (κ1) is 26.9. The normalized spacial score (nSPS) is 16.7. The molecule has 0 spiro atoms. The molecule has 2 fully saturated rings. The summed E-state index contributed by atoms with van der Waals surface area (Å²) in [6, 6.07) is 4.16. The Morgan fingerprint density at radius 1 is 1.00 bits per heavy atom. The van der Waals surface area contributed by atoms with E-state index in [1.165, 1.54) is 32.1 Å². The highest BCUT2D eigenvalue weighted by Crippen LogP contribution is 2.28. The average molecular weight is 509 g/mol. The molecule has 10 nitrogen and oxygen atoms in total. The first-order chi connectivity index (χ1) is 18.1. The molecule has 5 rings (SSSR count). The smallest absolute Gasteiger partial charge is 0.289 e. The Kier molecular flexibility index (Phi) is 9.78. The molecule has 2 saturated heterocycles. The van der Waals surface area contributed by atoms with Crippen molar-refractivity contribution >= 4 is 22.8 Å². The summed E-state index contributed by atoms with van der Waals surface area (Å²) in [7, 11) is 1.90. The second-order valence-electron chi connectivity index (χ2n) is 9.63. The predicted octanol–water partition coefficient (Wildman–Crippen LogP) is 3.28. The van der Waals surface area contributed by atoms with E-state index in [0.29, 0.717) is 6.54 Å². The van der Waals surface area contributed by atoms with Crippen LogP contribution in [0.5, 0.6) is 0 Å². The van der Waals surface area contributed by atoms with E-state index in [4.69, 9.17) is 9.72 Å². The molecule has 1 N–H and O–H groups in total. The summed E-state index contributed by atoms with van der Waals surface area (Å²) in [5.74, 6) is 0.895. The van der Waals surface area contributed by atoms with E-state index in [9.17, 15) is 4.79 Å². The number of nitrogens with one attached hydrogen (secondary N) is 1. The van der Waals surface area contributed by atoms with E-state index in [1.807, 2.05) is 7.05 Å². The molecule has 0 saturated carbocycles. The molecule has 2 aliphatic rings. The van der Waals surface area contributed by atoms with E-state index in [-0.39, 0.29) is 11.7 Å². The Labute approximate surface area is 219 Å². The van der Waals surface area contributed by atoms with Crippen molar-refractivity contribution in [3.05, 3.63) is 30.4 Å². The van der Waals surface area contributed by atoms with E-state index in [2.05, 4.69) is 56.2 Å². The number of aryl methyl sites for hydroxylation is 1. The minimum Gasteiger partial charge on any atom is -0.379 e. The Hall–Kier alpha value is -3.11. The number of pyridine rings is 1. The molecule has 0 radical (unpaired) electrons. The second kappa shape index (κ2) is 13.4. The number of morpholine rings is 1. The van der Waals surface area contributed by atoms with Gasteiger partial charge in [0.25, 0.3) is 5.91 Å². The van der Waals surface area contributed by atoms with Gasteiger partial charge in [-0.25, -0.2) is 19.6 Å². The van der Waals surface area contributed by atoms with E-state index in [0.717, 1.165) is 74.0 Å². The summed E-state index contributed by atoms with van der Waals surface area (Å²) in [5, 5.41) is 8.53. The van der Waals surface area contributed by atoms with Crippen molar-refractivity contribution in [2.45, 2.75) is 46.0 Å². The number of hydrogen-bond donors (Lipinski definition) is 1. The first-order valence-electron chi connectivity index (χ1n) is 13.6. The van der Waals surface area contributed by atoms with Gasteiger partial charge in [-0.15, -0.1) is 0 Å².